The Labute approximate surface area is 108 Å². The van der Waals surface area contributed by atoms with Gasteiger partial charge in [0.15, 0.2) is 0 Å². The van der Waals surface area contributed by atoms with Gasteiger partial charge in [-0.25, -0.2) is 4.98 Å². The molecule has 0 saturated heterocycles. The number of rotatable bonds is 5. The molecule has 0 spiro atoms. The Bertz CT molecular complexity index is 459. The van der Waals surface area contributed by atoms with Crippen molar-refractivity contribution in [2.75, 3.05) is 5.32 Å². The number of halogens is 3. The van der Waals surface area contributed by atoms with Gasteiger partial charge in [-0.05, 0) is 32.4 Å². The standard InChI is InChI=1S/C12H15F3N2O2/c1-11(2,7-6-10(18)19)17-9-5-3-4-8(16-9)12(13,14)15/h3-5H,6-7H2,1-2H3,(H,16,17)(H,18,19). The topological polar surface area (TPSA) is 62.2 Å². The van der Waals surface area contributed by atoms with Gasteiger partial charge < -0.3 is 10.4 Å². The molecule has 0 amide bonds. The fraction of sp³-hybridized carbons (Fsp3) is 0.500. The molecule has 1 rings (SSSR count). The van der Waals surface area contributed by atoms with Crippen molar-refractivity contribution in [1.82, 2.24) is 4.98 Å². The van der Waals surface area contributed by atoms with E-state index in [1.165, 1.54) is 12.1 Å². The van der Waals surface area contributed by atoms with E-state index in [9.17, 15) is 18.0 Å². The van der Waals surface area contributed by atoms with Crippen molar-refractivity contribution in [3.8, 4) is 0 Å². The summed E-state index contributed by atoms with van der Waals surface area (Å²) in [7, 11) is 0. The van der Waals surface area contributed by atoms with E-state index in [0.717, 1.165) is 6.07 Å². The van der Waals surface area contributed by atoms with E-state index in [2.05, 4.69) is 10.3 Å². The van der Waals surface area contributed by atoms with Crippen LogP contribution in [0.2, 0.25) is 0 Å². The van der Waals surface area contributed by atoms with Gasteiger partial charge in [0.05, 0.1) is 0 Å². The summed E-state index contributed by atoms with van der Waals surface area (Å²) in [4.78, 5) is 14.0. The summed E-state index contributed by atoms with van der Waals surface area (Å²) in [6.07, 6.45) is -4.29. The van der Waals surface area contributed by atoms with Crippen LogP contribution in [0.25, 0.3) is 0 Å². The number of pyridine rings is 1. The number of carboxylic acids is 1. The minimum Gasteiger partial charge on any atom is -0.481 e. The molecular formula is C12H15F3N2O2. The molecule has 0 aromatic carbocycles. The van der Waals surface area contributed by atoms with Gasteiger partial charge in [-0.3, -0.25) is 4.79 Å². The van der Waals surface area contributed by atoms with Crippen molar-refractivity contribution in [3.63, 3.8) is 0 Å². The molecule has 0 bridgehead atoms. The summed E-state index contributed by atoms with van der Waals surface area (Å²) in [5.41, 5.74) is -1.64. The van der Waals surface area contributed by atoms with E-state index in [1.807, 2.05) is 0 Å². The van der Waals surface area contributed by atoms with Gasteiger partial charge in [-0.1, -0.05) is 6.07 Å². The summed E-state index contributed by atoms with van der Waals surface area (Å²) in [5, 5.41) is 11.4. The van der Waals surface area contributed by atoms with Crippen LogP contribution >= 0.6 is 0 Å². The van der Waals surface area contributed by atoms with E-state index in [-0.39, 0.29) is 18.7 Å². The largest absolute Gasteiger partial charge is 0.481 e. The first-order valence-corrected chi connectivity index (χ1v) is 5.64. The van der Waals surface area contributed by atoms with Crippen LogP contribution in [0.3, 0.4) is 0 Å². The number of aliphatic carboxylic acids is 1. The van der Waals surface area contributed by atoms with E-state index in [4.69, 9.17) is 5.11 Å². The first-order valence-electron chi connectivity index (χ1n) is 5.64. The summed E-state index contributed by atoms with van der Waals surface area (Å²) >= 11 is 0. The highest BCUT2D eigenvalue weighted by Gasteiger charge is 2.32. The SMILES string of the molecule is CC(C)(CCC(=O)O)Nc1cccc(C(F)(F)F)n1. The molecule has 4 nitrogen and oxygen atoms in total. The van der Waals surface area contributed by atoms with Crippen LogP contribution in [0, 0.1) is 0 Å². The highest BCUT2D eigenvalue weighted by atomic mass is 19.4. The number of nitrogens with zero attached hydrogens (tertiary/aromatic N) is 1. The van der Waals surface area contributed by atoms with Crippen LogP contribution in [0.1, 0.15) is 32.4 Å². The van der Waals surface area contributed by atoms with Crippen LogP contribution in [0.15, 0.2) is 18.2 Å². The number of carboxylic acid groups (broad SMARTS) is 1. The van der Waals surface area contributed by atoms with E-state index in [1.54, 1.807) is 13.8 Å². The second kappa shape index (κ2) is 5.46. The number of nitrogens with one attached hydrogen (secondary N) is 1. The molecule has 7 heteroatoms. The molecule has 106 valence electrons. The first kappa shape index (κ1) is 15.3. The molecule has 19 heavy (non-hydrogen) atoms. The zero-order valence-corrected chi connectivity index (χ0v) is 10.6. The lowest BCUT2D eigenvalue weighted by Crippen LogP contribution is -2.32. The fourth-order valence-corrected chi connectivity index (χ4v) is 1.49. The molecule has 1 heterocycles. The van der Waals surface area contributed by atoms with E-state index >= 15 is 0 Å². The van der Waals surface area contributed by atoms with E-state index < -0.39 is 23.4 Å². The zero-order valence-electron chi connectivity index (χ0n) is 10.6. The van der Waals surface area contributed by atoms with Crippen LogP contribution in [-0.4, -0.2) is 21.6 Å². The minimum absolute atomic E-state index is 0.0705. The number of alkyl halides is 3. The van der Waals surface area contributed by atoms with Gasteiger partial charge in [0, 0.05) is 12.0 Å². The Morgan fingerprint density at radius 1 is 1.37 bits per heavy atom. The Morgan fingerprint density at radius 3 is 2.53 bits per heavy atom. The highest BCUT2D eigenvalue weighted by molar-refractivity contribution is 5.66. The van der Waals surface area contributed by atoms with Crippen LogP contribution in [0.5, 0.6) is 0 Å². The number of carbonyl (C=O) groups is 1. The van der Waals surface area contributed by atoms with Crippen molar-refractivity contribution in [1.29, 1.82) is 0 Å². The van der Waals surface area contributed by atoms with Crippen LogP contribution < -0.4 is 5.32 Å². The molecule has 1 aromatic rings. The minimum atomic E-state index is -4.50. The molecule has 0 aliphatic heterocycles. The smallest absolute Gasteiger partial charge is 0.433 e. The number of aromatic nitrogens is 1. The summed E-state index contributed by atoms with van der Waals surface area (Å²) < 4.78 is 37.5. The maximum Gasteiger partial charge on any atom is 0.433 e. The number of hydrogen-bond acceptors (Lipinski definition) is 3. The summed E-state index contributed by atoms with van der Waals surface area (Å²) in [6, 6.07) is 3.55. The molecule has 0 aliphatic carbocycles. The number of hydrogen-bond donors (Lipinski definition) is 2. The van der Waals surface area contributed by atoms with Gasteiger partial charge in [0.2, 0.25) is 0 Å². The lowest BCUT2D eigenvalue weighted by molar-refractivity contribution is -0.141. The van der Waals surface area contributed by atoms with Gasteiger partial charge in [-0.2, -0.15) is 13.2 Å². The van der Waals surface area contributed by atoms with Crippen molar-refractivity contribution >= 4 is 11.8 Å². The monoisotopic (exact) mass is 276 g/mol. The van der Waals surface area contributed by atoms with Gasteiger partial charge in [0.1, 0.15) is 11.5 Å². The quantitative estimate of drug-likeness (QED) is 0.867. The predicted molar refractivity (Wildman–Crippen MR) is 63.8 cm³/mol. The lowest BCUT2D eigenvalue weighted by atomic mass is 9.98. The molecule has 0 fully saturated rings. The van der Waals surface area contributed by atoms with Crippen LogP contribution in [-0.2, 0) is 11.0 Å². The lowest BCUT2D eigenvalue weighted by Gasteiger charge is -2.26. The normalized spacial score (nSPS) is 12.3. The van der Waals surface area contributed by atoms with E-state index in [0.29, 0.717) is 0 Å². The second-order valence-corrected chi connectivity index (χ2v) is 4.81. The van der Waals surface area contributed by atoms with Crippen molar-refractivity contribution < 1.29 is 23.1 Å². The average Bonchev–Trinajstić information content (AvgIpc) is 2.25. The zero-order chi connectivity index (χ0) is 14.7. The Hall–Kier alpha value is -1.79. The van der Waals surface area contributed by atoms with Crippen LogP contribution in [0.4, 0.5) is 19.0 Å². The molecular weight excluding hydrogens is 261 g/mol. The van der Waals surface area contributed by atoms with Gasteiger partial charge in [-0.15, -0.1) is 0 Å². The average molecular weight is 276 g/mol. The van der Waals surface area contributed by atoms with Gasteiger partial charge >= 0.3 is 12.1 Å². The number of anilines is 1. The summed E-state index contributed by atoms with van der Waals surface area (Å²) in [5.74, 6) is -0.878. The third kappa shape index (κ3) is 5.15. The third-order valence-corrected chi connectivity index (χ3v) is 2.47. The fourth-order valence-electron chi connectivity index (χ4n) is 1.49. The Morgan fingerprint density at radius 2 is 2.00 bits per heavy atom. The molecule has 0 saturated carbocycles. The van der Waals surface area contributed by atoms with Crippen molar-refractivity contribution in [2.24, 2.45) is 0 Å². The second-order valence-electron chi connectivity index (χ2n) is 4.81. The molecule has 0 aliphatic rings. The highest BCUT2D eigenvalue weighted by Crippen LogP contribution is 2.29. The molecule has 0 radical (unpaired) electrons. The van der Waals surface area contributed by atoms with Gasteiger partial charge in [0.25, 0.3) is 0 Å². The molecule has 0 unspecified atom stereocenters. The molecule has 1 aromatic heterocycles. The van der Waals surface area contributed by atoms with Crippen molar-refractivity contribution in [2.45, 2.75) is 38.4 Å². The Kier molecular flexibility index (Phi) is 4.39. The first-order chi connectivity index (χ1) is 8.60. The van der Waals surface area contributed by atoms with Crippen molar-refractivity contribution in [3.05, 3.63) is 23.9 Å². The molecule has 0 atom stereocenters. The Balaban J connectivity index is 2.79. The summed E-state index contributed by atoms with van der Waals surface area (Å²) in [6.45, 7) is 3.41. The third-order valence-electron chi connectivity index (χ3n) is 2.47. The maximum atomic E-state index is 12.5. The molecule has 2 N–H and O–H groups in total. The maximum absolute atomic E-state index is 12.5. The predicted octanol–water partition coefficient (Wildman–Crippen LogP) is 3.16.